The van der Waals surface area contributed by atoms with Crippen molar-refractivity contribution < 1.29 is 0 Å². The van der Waals surface area contributed by atoms with Crippen LogP contribution in [0.1, 0.15) is 22.3 Å². The van der Waals surface area contributed by atoms with E-state index in [1.807, 2.05) is 0 Å². The van der Waals surface area contributed by atoms with E-state index in [1.165, 1.54) is 45.0 Å². The second kappa shape index (κ2) is 8.16. The Morgan fingerprint density at radius 1 is 0.452 bits per heavy atom. The normalized spacial score (nSPS) is 13.7. The van der Waals surface area contributed by atoms with E-state index < -0.39 is 0 Å². The molecular weight excluding hydrogens is 376 g/mol. The number of hydrogen-bond acceptors (Lipinski definition) is 2. The van der Waals surface area contributed by atoms with Crippen molar-refractivity contribution in [2.24, 2.45) is 0 Å². The predicted molar refractivity (Wildman–Crippen MR) is 132 cm³/mol. The third-order valence-electron chi connectivity index (χ3n) is 5.95. The average molecular weight is 403 g/mol. The molecule has 1 aliphatic rings. The van der Waals surface area contributed by atoms with Gasteiger partial charge in [0.25, 0.3) is 0 Å². The number of rotatable bonds is 4. The first-order valence-electron chi connectivity index (χ1n) is 10.8. The zero-order valence-electron chi connectivity index (χ0n) is 18.0. The second-order valence-corrected chi connectivity index (χ2v) is 8.00. The number of para-hydroxylation sites is 2. The van der Waals surface area contributed by atoms with Crippen LogP contribution in [0.15, 0.2) is 109 Å². The Kier molecular flexibility index (Phi) is 5.05. The lowest BCUT2D eigenvalue weighted by Crippen LogP contribution is -2.28. The SMILES string of the molecule is Cc1ccccc1N1CN(c2ccccc2C)C(c2ccccc2)=C1c1ccccc1. The lowest BCUT2D eigenvalue weighted by Gasteiger charge is -2.27. The lowest BCUT2D eigenvalue weighted by atomic mass is 10.0. The fourth-order valence-corrected chi connectivity index (χ4v) is 4.44. The van der Waals surface area contributed by atoms with Gasteiger partial charge in [0.1, 0.15) is 6.67 Å². The third kappa shape index (κ3) is 3.51. The lowest BCUT2D eigenvalue weighted by molar-refractivity contribution is 0.977. The summed E-state index contributed by atoms with van der Waals surface area (Å²) in [6.45, 7) is 5.15. The smallest absolute Gasteiger partial charge is 0.100 e. The predicted octanol–water partition coefficient (Wildman–Crippen LogP) is 7.11. The largest absolute Gasteiger partial charge is 0.320 e. The minimum atomic E-state index is 0.768. The van der Waals surface area contributed by atoms with Crippen LogP contribution in [0.5, 0.6) is 0 Å². The summed E-state index contributed by atoms with van der Waals surface area (Å²) in [6, 6.07) is 38.8. The van der Waals surface area contributed by atoms with Crippen LogP contribution in [0.2, 0.25) is 0 Å². The molecule has 0 aliphatic carbocycles. The topological polar surface area (TPSA) is 6.48 Å². The van der Waals surface area contributed by atoms with E-state index in [4.69, 9.17) is 0 Å². The van der Waals surface area contributed by atoms with Gasteiger partial charge in [0.2, 0.25) is 0 Å². The Balaban J connectivity index is 1.81. The van der Waals surface area contributed by atoms with Gasteiger partial charge in [0, 0.05) is 22.5 Å². The monoisotopic (exact) mass is 402 g/mol. The number of hydrogen-bond donors (Lipinski definition) is 0. The number of nitrogens with zero attached hydrogens (tertiary/aromatic N) is 2. The molecule has 0 aromatic heterocycles. The average Bonchev–Trinajstić information content (AvgIpc) is 3.21. The third-order valence-corrected chi connectivity index (χ3v) is 5.95. The number of anilines is 2. The molecule has 0 radical (unpaired) electrons. The molecule has 0 spiro atoms. The van der Waals surface area contributed by atoms with Crippen molar-refractivity contribution in [3.63, 3.8) is 0 Å². The van der Waals surface area contributed by atoms with Crippen molar-refractivity contribution in [2.75, 3.05) is 16.5 Å². The molecule has 1 heterocycles. The fraction of sp³-hybridized carbons (Fsp3) is 0.103. The van der Waals surface area contributed by atoms with Crippen LogP contribution in [0.4, 0.5) is 11.4 Å². The standard InChI is InChI=1S/C29H26N2/c1-22-13-9-11-19-26(22)30-21-31(27-20-12-10-14-23(27)2)29(25-17-7-4-8-18-25)28(30)24-15-5-3-6-16-24/h3-20H,21H2,1-2H3. The molecule has 0 bridgehead atoms. The molecule has 152 valence electrons. The summed E-state index contributed by atoms with van der Waals surface area (Å²) in [7, 11) is 0. The summed E-state index contributed by atoms with van der Waals surface area (Å²) in [4.78, 5) is 4.92. The second-order valence-electron chi connectivity index (χ2n) is 8.00. The van der Waals surface area contributed by atoms with Gasteiger partial charge < -0.3 is 9.80 Å². The molecule has 2 heteroatoms. The van der Waals surface area contributed by atoms with Crippen LogP contribution >= 0.6 is 0 Å². The van der Waals surface area contributed by atoms with Crippen LogP contribution in [-0.2, 0) is 0 Å². The maximum Gasteiger partial charge on any atom is 0.100 e. The van der Waals surface area contributed by atoms with Crippen LogP contribution in [0, 0.1) is 13.8 Å². The molecule has 2 nitrogen and oxygen atoms in total. The van der Waals surface area contributed by atoms with Crippen molar-refractivity contribution >= 4 is 22.8 Å². The summed E-state index contributed by atoms with van der Waals surface area (Å²) < 4.78 is 0. The maximum atomic E-state index is 2.46. The van der Waals surface area contributed by atoms with Crippen LogP contribution in [0.3, 0.4) is 0 Å². The van der Waals surface area contributed by atoms with Gasteiger partial charge >= 0.3 is 0 Å². The Morgan fingerprint density at radius 3 is 1.19 bits per heavy atom. The van der Waals surface area contributed by atoms with Gasteiger partial charge in [-0.3, -0.25) is 0 Å². The summed E-state index contributed by atoms with van der Waals surface area (Å²) >= 11 is 0. The van der Waals surface area contributed by atoms with Crippen molar-refractivity contribution in [3.8, 4) is 0 Å². The fourth-order valence-electron chi connectivity index (χ4n) is 4.44. The van der Waals surface area contributed by atoms with E-state index in [-0.39, 0.29) is 0 Å². The minimum Gasteiger partial charge on any atom is -0.320 e. The molecule has 4 aromatic rings. The molecule has 1 aliphatic heterocycles. The van der Waals surface area contributed by atoms with Gasteiger partial charge in [-0.15, -0.1) is 0 Å². The quantitative estimate of drug-likeness (QED) is 0.359. The minimum absolute atomic E-state index is 0.768. The molecule has 0 fully saturated rings. The van der Waals surface area contributed by atoms with E-state index in [0.29, 0.717) is 0 Å². The van der Waals surface area contributed by atoms with Crippen molar-refractivity contribution in [1.82, 2.24) is 0 Å². The van der Waals surface area contributed by atoms with Crippen molar-refractivity contribution in [3.05, 3.63) is 131 Å². The van der Waals surface area contributed by atoms with Gasteiger partial charge in [-0.2, -0.15) is 0 Å². The summed E-state index contributed by atoms with van der Waals surface area (Å²) in [5.74, 6) is 0. The molecule has 31 heavy (non-hydrogen) atoms. The highest BCUT2D eigenvalue weighted by atomic mass is 15.4. The Morgan fingerprint density at radius 2 is 0.806 bits per heavy atom. The Labute approximate surface area is 184 Å². The molecule has 0 amide bonds. The van der Waals surface area contributed by atoms with Crippen LogP contribution in [0.25, 0.3) is 11.4 Å². The molecule has 4 aromatic carbocycles. The molecule has 0 atom stereocenters. The Bertz CT molecular complexity index is 1130. The maximum absolute atomic E-state index is 2.46. The molecule has 0 N–H and O–H groups in total. The van der Waals surface area contributed by atoms with E-state index in [9.17, 15) is 0 Å². The molecule has 0 unspecified atom stereocenters. The summed E-state index contributed by atoms with van der Waals surface area (Å²) in [5, 5.41) is 0. The van der Waals surface area contributed by atoms with Gasteiger partial charge in [-0.25, -0.2) is 0 Å². The highest BCUT2D eigenvalue weighted by Gasteiger charge is 2.33. The highest BCUT2D eigenvalue weighted by molar-refractivity contribution is 6.06. The van der Waals surface area contributed by atoms with Gasteiger partial charge in [0.15, 0.2) is 0 Å². The number of benzene rings is 4. The van der Waals surface area contributed by atoms with E-state index in [1.54, 1.807) is 0 Å². The number of aryl methyl sites for hydroxylation is 2. The zero-order chi connectivity index (χ0) is 21.2. The summed E-state index contributed by atoms with van der Waals surface area (Å²) in [6.07, 6.45) is 0. The molecular formula is C29H26N2. The molecule has 5 rings (SSSR count). The first-order chi connectivity index (χ1) is 15.2. The van der Waals surface area contributed by atoms with Gasteiger partial charge in [-0.05, 0) is 37.1 Å². The molecule has 0 saturated heterocycles. The van der Waals surface area contributed by atoms with Crippen molar-refractivity contribution in [2.45, 2.75) is 13.8 Å². The Hall–Kier alpha value is -3.78. The van der Waals surface area contributed by atoms with Crippen LogP contribution in [-0.4, -0.2) is 6.67 Å². The molecule has 0 saturated carbocycles. The first kappa shape index (κ1) is 19.2. The zero-order valence-corrected chi connectivity index (χ0v) is 18.0. The first-order valence-corrected chi connectivity index (χ1v) is 10.8. The highest BCUT2D eigenvalue weighted by Crippen LogP contribution is 2.44. The van der Waals surface area contributed by atoms with E-state index >= 15 is 0 Å². The van der Waals surface area contributed by atoms with Gasteiger partial charge in [0.05, 0.1) is 11.4 Å². The van der Waals surface area contributed by atoms with Crippen LogP contribution < -0.4 is 9.80 Å². The van der Waals surface area contributed by atoms with Crippen molar-refractivity contribution in [1.29, 1.82) is 0 Å². The summed E-state index contributed by atoms with van der Waals surface area (Å²) in [5.41, 5.74) is 9.96. The van der Waals surface area contributed by atoms with E-state index in [2.05, 4.69) is 133 Å². The van der Waals surface area contributed by atoms with Gasteiger partial charge in [-0.1, -0.05) is 97.1 Å². The van der Waals surface area contributed by atoms with E-state index in [0.717, 1.165) is 6.67 Å².